The van der Waals surface area contributed by atoms with Crippen molar-refractivity contribution in [2.75, 3.05) is 0 Å². The van der Waals surface area contributed by atoms with Gasteiger partial charge >= 0.3 is 0 Å². The van der Waals surface area contributed by atoms with Gasteiger partial charge in [-0.05, 0) is 55.1 Å². The van der Waals surface area contributed by atoms with Gasteiger partial charge in [0.2, 0.25) is 0 Å². The Balaban J connectivity index is 1.87. The third kappa shape index (κ3) is 2.12. The normalized spacial score (nSPS) is 12.0. The topological polar surface area (TPSA) is 39.3 Å². The van der Waals surface area contributed by atoms with E-state index >= 15 is 0 Å². The number of benzene rings is 1. The van der Waals surface area contributed by atoms with E-state index in [2.05, 4.69) is 11.2 Å². The number of thiophene rings is 1. The van der Waals surface area contributed by atoms with E-state index in [0.717, 1.165) is 27.3 Å². The van der Waals surface area contributed by atoms with Crippen LogP contribution in [0.4, 0.5) is 0 Å². The fourth-order valence-electron chi connectivity index (χ4n) is 3.11. The number of carbonyl (C=O) groups is 1. The second kappa shape index (κ2) is 5.46. The predicted molar refractivity (Wildman–Crippen MR) is 98.8 cm³/mol. The van der Waals surface area contributed by atoms with Crippen LogP contribution in [0.1, 0.15) is 26.5 Å². The lowest BCUT2D eigenvalue weighted by atomic mass is 10.1. The van der Waals surface area contributed by atoms with Crippen LogP contribution < -0.4 is 0 Å². The highest BCUT2D eigenvalue weighted by molar-refractivity contribution is 7.11. The molecule has 0 bridgehead atoms. The van der Waals surface area contributed by atoms with Crippen LogP contribution in [0, 0.1) is 13.8 Å². The van der Waals surface area contributed by atoms with Gasteiger partial charge in [-0.3, -0.25) is 4.79 Å². The van der Waals surface area contributed by atoms with Crippen LogP contribution in [0.5, 0.6) is 0 Å². The first-order valence-corrected chi connectivity index (χ1v) is 8.65. The standard InChI is InChI=1S/C19H17N3OS/c1-12-10-11-24-17(12)9-8-16(23)18-13(2)20-22-15-7-5-4-6-14(15)21(3)19(18)22/h4-11H,1-3H3. The Morgan fingerprint density at radius 1 is 1.17 bits per heavy atom. The number of para-hydroxylation sites is 2. The molecule has 0 aliphatic heterocycles. The molecule has 3 heterocycles. The first-order valence-electron chi connectivity index (χ1n) is 7.77. The summed E-state index contributed by atoms with van der Waals surface area (Å²) in [6, 6.07) is 10.1. The summed E-state index contributed by atoms with van der Waals surface area (Å²) >= 11 is 1.64. The number of fused-ring (bicyclic) bond motifs is 3. The molecule has 0 radical (unpaired) electrons. The summed E-state index contributed by atoms with van der Waals surface area (Å²) in [4.78, 5) is 13.9. The number of carbonyl (C=O) groups excluding carboxylic acids is 1. The maximum absolute atomic E-state index is 12.8. The van der Waals surface area contributed by atoms with Gasteiger partial charge in [-0.25, -0.2) is 4.52 Å². The minimum absolute atomic E-state index is 0.0128. The van der Waals surface area contributed by atoms with Crippen molar-refractivity contribution in [3.63, 3.8) is 0 Å². The molecule has 0 aliphatic rings. The monoisotopic (exact) mass is 335 g/mol. The molecule has 4 nitrogen and oxygen atoms in total. The molecule has 0 N–H and O–H groups in total. The molecule has 4 aromatic rings. The van der Waals surface area contributed by atoms with Gasteiger partial charge in [-0.1, -0.05) is 12.1 Å². The molecule has 1 aromatic carbocycles. The molecular formula is C19H17N3OS. The molecule has 3 aromatic heterocycles. The van der Waals surface area contributed by atoms with E-state index in [0.29, 0.717) is 5.56 Å². The number of ketones is 1. The lowest BCUT2D eigenvalue weighted by molar-refractivity contribution is 0.104. The minimum atomic E-state index is -0.0128. The average Bonchev–Trinajstić information content (AvgIpc) is 3.21. The van der Waals surface area contributed by atoms with Gasteiger partial charge in [-0.2, -0.15) is 5.10 Å². The number of allylic oxidation sites excluding steroid dienone is 1. The third-order valence-corrected chi connectivity index (χ3v) is 5.34. The lowest BCUT2D eigenvalue weighted by Crippen LogP contribution is -1.99. The Kier molecular flexibility index (Phi) is 3.39. The molecule has 0 amide bonds. The molecular weight excluding hydrogens is 318 g/mol. The number of hydrogen-bond donors (Lipinski definition) is 0. The van der Waals surface area contributed by atoms with Gasteiger partial charge in [0.15, 0.2) is 5.78 Å². The van der Waals surface area contributed by atoms with Crippen molar-refractivity contribution in [2.24, 2.45) is 7.05 Å². The number of nitrogens with zero attached hydrogens (tertiary/aromatic N) is 3. The van der Waals surface area contributed by atoms with Crippen molar-refractivity contribution < 1.29 is 4.79 Å². The maximum atomic E-state index is 12.8. The smallest absolute Gasteiger partial charge is 0.191 e. The minimum Gasteiger partial charge on any atom is -0.327 e. The Hall–Kier alpha value is -2.66. The predicted octanol–water partition coefficient (Wildman–Crippen LogP) is 4.40. The average molecular weight is 335 g/mol. The van der Waals surface area contributed by atoms with E-state index in [9.17, 15) is 4.79 Å². The zero-order valence-electron chi connectivity index (χ0n) is 13.8. The van der Waals surface area contributed by atoms with Crippen LogP contribution >= 0.6 is 11.3 Å². The fraction of sp³-hybridized carbons (Fsp3) is 0.158. The Bertz CT molecular complexity index is 1110. The van der Waals surface area contributed by atoms with E-state index in [1.165, 1.54) is 5.56 Å². The summed E-state index contributed by atoms with van der Waals surface area (Å²) in [5.41, 5.74) is 5.52. The first kappa shape index (κ1) is 14.9. The van der Waals surface area contributed by atoms with Crippen molar-refractivity contribution in [1.29, 1.82) is 0 Å². The van der Waals surface area contributed by atoms with Crippen LogP contribution in [-0.4, -0.2) is 20.0 Å². The summed E-state index contributed by atoms with van der Waals surface area (Å²) in [5, 5.41) is 6.62. The zero-order valence-corrected chi connectivity index (χ0v) is 14.6. The van der Waals surface area contributed by atoms with Crippen molar-refractivity contribution in [3.8, 4) is 0 Å². The SMILES string of the molecule is Cc1ccsc1C=CC(=O)c1c(C)nn2c3ccccc3n(C)c12. The Morgan fingerprint density at radius 3 is 2.62 bits per heavy atom. The van der Waals surface area contributed by atoms with E-state index < -0.39 is 0 Å². The fourth-order valence-corrected chi connectivity index (χ4v) is 3.93. The van der Waals surface area contributed by atoms with E-state index in [1.54, 1.807) is 17.4 Å². The summed E-state index contributed by atoms with van der Waals surface area (Å²) in [5.74, 6) is -0.0128. The summed E-state index contributed by atoms with van der Waals surface area (Å²) in [6.45, 7) is 3.94. The second-order valence-corrected chi connectivity index (χ2v) is 6.86. The van der Waals surface area contributed by atoms with E-state index in [1.807, 2.05) is 65.7 Å². The number of aryl methyl sites for hydroxylation is 3. The number of imidazole rings is 1. The molecule has 0 aliphatic carbocycles. The molecule has 0 saturated carbocycles. The van der Waals surface area contributed by atoms with Gasteiger partial charge in [0.25, 0.3) is 0 Å². The number of aromatic nitrogens is 3. The van der Waals surface area contributed by atoms with Gasteiger partial charge in [0.05, 0.1) is 22.3 Å². The molecule has 0 spiro atoms. The van der Waals surface area contributed by atoms with Crippen LogP contribution in [0.15, 0.2) is 41.8 Å². The Morgan fingerprint density at radius 2 is 1.92 bits per heavy atom. The molecule has 5 heteroatoms. The van der Waals surface area contributed by atoms with Gasteiger partial charge in [-0.15, -0.1) is 11.3 Å². The Labute approximate surface area is 143 Å². The molecule has 0 atom stereocenters. The number of hydrogen-bond acceptors (Lipinski definition) is 3. The highest BCUT2D eigenvalue weighted by Crippen LogP contribution is 2.25. The van der Waals surface area contributed by atoms with Crippen LogP contribution in [0.3, 0.4) is 0 Å². The third-order valence-electron chi connectivity index (χ3n) is 4.36. The van der Waals surface area contributed by atoms with E-state index in [-0.39, 0.29) is 5.78 Å². The van der Waals surface area contributed by atoms with Crippen molar-refractivity contribution in [3.05, 3.63) is 63.5 Å². The van der Waals surface area contributed by atoms with Gasteiger partial charge < -0.3 is 4.57 Å². The molecule has 0 saturated heterocycles. The molecule has 0 unspecified atom stereocenters. The summed E-state index contributed by atoms with van der Waals surface area (Å²) in [6.07, 6.45) is 3.55. The highest BCUT2D eigenvalue weighted by Gasteiger charge is 2.20. The van der Waals surface area contributed by atoms with E-state index in [4.69, 9.17) is 0 Å². The molecule has 120 valence electrons. The maximum Gasteiger partial charge on any atom is 0.191 e. The lowest BCUT2D eigenvalue weighted by Gasteiger charge is -1.99. The highest BCUT2D eigenvalue weighted by atomic mass is 32.1. The summed E-state index contributed by atoms with van der Waals surface area (Å²) < 4.78 is 3.90. The van der Waals surface area contributed by atoms with Gasteiger partial charge in [0.1, 0.15) is 5.65 Å². The second-order valence-electron chi connectivity index (χ2n) is 5.91. The quantitative estimate of drug-likeness (QED) is 0.411. The largest absolute Gasteiger partial charge is 0.327 e. The number of rotatable bonds is 3. The van der Waals surface area contributed by atoms with Crippen molar-refractivity contribution >= 4 is 39.9 Å². The first-order chi connectivity index (χ1) is 11.6. The van der Waals surface area contributed by atoms with Crippen molar-refractivity contribution in [1.82, 2.24) is 14.2 Å². The summed E-state index contributed by atoms with van der Waals surface area (Å²) in [7, 11) is 1.97. The molecule has 4 rings (SSSR count). The van der Waals surface area contributed by atoms with Gasteiger partial charge in [0, 0.05) is 11.9 Å². The van der Waals surface area contributed by atoms with Crippen LogP contribution in [-0.2, 0) is 7.05 Å². The van der Waals surface area contributed by atoms with Crippen LogP contribution in [0.2, 0.25) is 0 Å². The van der Waals surface area contributed by atoms with Crippen LogP contribution in [0.25, 0.3) is 22.8 Å². The zero-order chi connectivity index (χ0) is 16.8. The molecule has 24 heavy (non-hydrogen) atoms. The molecule has 0 fully saturated rings. The van der Waals surface area contributed by atoms with Crippen molar-refractivity contribution in [2.45, 2.75) is 13.8 Å².